The lowest BCUT2D eigenvalue weighted by molar-refractivity contribution is 0.774. The van der Waals surface area contributed by atoms with Gasteiger partial charge in [0.1, 0.15) is 10.0 Å². The summed E-state index contributed by atoms with van der Waals surface area (Å²) in [4.78, 5) is 6.02. The Hall–Kier alpha value is -1.26. The zero-order valence-electron chi connectivity index (χ0n) is 11.6. The monoisotopic (exact) mass is 302 g/mol. The van der Waals surface area contributed by atoms with Crippen molar-refractivity contribution in [1.29, 1.82) is 0 Å². The lowest BCUT2D eigenvalue weighted by Crippen LogP contribution is -1.96. The quantitative estimate of drug-likeness (QED) is 0.826. The Bertz CT molecular complexity index is 576. The van der Waals surface area contributed by atoms with E-state index in [4.69, 9.17) is 4.98 Å². The molecule has 0 unspecified atom stereocenters. The Labute approximate surface area is 128 Å². The third-order valence-corrected chi connectivity index (χ3v) is 5.14. The molecule has 0 saturated heterocycles. The van der Waals surface area contributed by atoms with Crippen LogP contribution in [0.3, 0.4) is 0 Å². The molecule has 104 valence electrons. The van der Waals surface area contributed by atoms with Gasteiger partial charge < -0.3 is 5.32 Å². The standard InChI is InChI=1S/C16H18N2S2/c1-19-13-8-5-12(6-9-13)7-10-15-18-14-4-2-3-11-17-16(14)20-15/h5-10,17H,2-4,11H2,1H3. The molecular weight excluding hydrogens is 284 g/mol. The number of benzene rings is 1. The maximum atomic E-state index is 4.72. The predicted molar refractivity (Wildman–Crippen MR) is 90.7 cm³/mol. The molecule has 0 bridgehead atoms. The molecule has 0 radical (unpaired) electrons. The Morgan fingerprint density at radius 3 is 2.85 bits per heavy atom. The topological polar surface area (TPSA) is 24.9 Å². The summed E-state index contributed by atoms with van der Waals surface area (Å²) in [6, 6.07) is 8.62. The first-order valence-corrected chi connectivity index (χ1v) is 8.95. The summed E-state index contributed by atoms with van der Waals surface area (Å²) in [5.41, 5.74) is 2.46. The van der Waals surface area contributed by atoms with Crippen LogP contribution in [0.4, 0.5) is 5.00 Å². The van der Waals surface area contributed by atoms with Crippen LogP contribution < -0.4 is 5.32 Å². The van der Waals surface area contributed by atoms with Gasteiger partial charge in [-0.1, -0.05) is 29.5 Å². The van der Waals surface area contributed by atoms with E-state index in [1.54, 1.807) is 23.1 Å². The van der Waals surface area contributed by atoms with Crippen molar-refractivity contribution in [1.82, 2.24) is 4.98 Å². The fourth-order valence-electron chi connectivity index (χ4n) is 2.25. The van der Waals surface area contributed by atoms with E-state index in [0.717, 1.165) is 18.0 Å². The van der Waals surface area contributed by atoms with Crippen molar-refractivity contribution >= 4 is 40.3 Å². The van der Waals surface area contributed by atoms with Crippen molar-refractivity contribution in [2.75, 3.05) is 18.1 Å². The molecule has 0 saturated carbocycles. The molecule has 1 N–H and O–H groups in total. The molecule has 0 spiro atoms. The van der Waals surface area contributed by atoms with Gasteiger partial charge in [-0.25, -0.2) is 4.98 Å². The van der Waals surface area contributed by atoms with Gasteiger partial charge in [-0.2, -0.15) is 0 Å². The first-order chi connectivity index (χ1) is 9.85. The van der Waals surface area contributed by atoms with Crippen molar-refractivity contribution in [2.24, 2.45) is 0 Å². The Morgan fingerprint density at radius 2 is 2.05 bits per heavy atom. The van der Waals surface area contributed by atoms with Gasteiger partial charge in [-0.15, -0.1) is 11.8 Å². The number of hydrogen-bond acceptors (Lipinski definition) is 4. The summed E-state index contributed by atoms with van der Waals surface area (Å²) in [5.74, 6) is 0. The Kier molecular flexibility index (Phi) is 4.43. The van der Waals surface area contributed by atoms with Crippen LogP contribution in [0.15, 0.2) is 29.2 Å². The zero-order chi connectivity index (χ0) is 13.8. The van der Waals surface area contributed by atoms with Crippen LogP contribution in [0.2, 0.25) is 0 Å². The highest BCUT2D eigenvalue weighted by molar-refractivity contribution is 7.98. The van der Waals surface area contributed by atoms with E-state index in [-0.39, 0.29) is 0 Å². The Balaban J connectivity index is 1.74. The fourth-order valence-corrected chi connectivity index (χ4v) is 3.60. The van der Waals surface area contributed by atoms with Gasteiger partial charge in [0.05, 0.1) is 5.69 Å². The van der Waals surface area contributed by atoms with Crippen LogP contribution in [0.5, 0.6) is 0 Å². The molecule has 0 atom stereocenters. The molecule has 20 heavy (non-hydrogen) atoms. The highest BCUT2D eigenvalue weighted by atomic mass is 32.2. The second kappa shape index (κ2) is 6.46. The first kappa shape index (κ1) is 13.7. The summed E-state index contributed by atoms with van der Waals surface area (Å²) in [6.07, 6.45) is 9.95. The smallest absolute Gasteiger partial charge is 0.118 e. The number of aryl methyl sites for hydroxylation is 1. The third kappa shape index (κ3) is 3.25. The highest BCUT2D eigenvalue weighted by Crippen LogP contribution is 2.29. The molecule has 1 aromatic heterocycles. The van der Waals surface area contributed by atoms with Crippen LogP contribution in [0.25, 0.3) is 12.2 Å². The summed E-state index contributed by atoms with van der Waals surface area (Å²) < 4.78 is 0. The molecule has 1 aromatic carbocycles. The maximum absolute atomic E-state index is 4.72. The lowest BCUT2D eigenvalue weighted by Gasteiger charge is -1.97. The summed E-state index contributed by atoms with van der Waals surface area (Å²) >= 11 is 3.53. The molecule has 0 amide bonds. The van der Waals surface area contributed by atoms with Crippen molar-refractivity contribution < 1.29 is 0 Å². The minimum absolute atomic E-state index is 1.08. The number of rotatable bonds is 3. The number of hydrogen-bond donors (Lipinski definition) is 1. The van der Waals surface area contributed by atoms with E-state index < -0.39 is 0 Å². The van der Waals surface area contributed by atoms with Crippen molar-refractivity contribution in [3.05, 3.63) is 40.5 Å². The van der Waals surface area contributed by atoms with Gasteiger partial charge in [-0.3, -0.25) is 0 Å². The molecule has 2 heterocycles. The molecular formula is C16H18N2S2. The largest absolute Gasteiger partial charge is 0.375 e. The molecule has 0 fully saturated rings. The maximum Gasteiger partial charge on any atom is 0.118 e. The SMILES string of the molecule is CSc1ccc(C=Cc2nc3c(s2)NCCCC3)cc1. The normalized spacial score (nSPS) is 14.8. The number of nitrogens with one attached hydrogen (secondary N) is 1. The van der Waals surface area contributed by atoms with E-state index in [2.05, 4.69) is 48.0 Å². The molecule has 3 rings (SSSR count). The van der Waals surface area contributed by atoms with Crippen LogP contribution >= 0.6 is 23.1 Å². The second-order valence-electron chi connectivity index (χ2n) is 4.82. The van der Waals surface area contributed by atoms with Gasteiger partial charge >= 0.3 is 0 Å². The van der Waals surface area contributed by atoms with Gasteiger partial charge in [0.15, 0.2) is 0 Å². The average Bonchev–Trinajstić information content (AvgIpc) is 2.75. The van der Waals surface area contributed by atoms with Crippen molar-refractivity contribution in [3.63, 3.8) is 0 Å². The number of aromatic nitrogens is 1. The van der Waals surface area contributed by atoms with Gasteiger partial charge in [-0.05, 0) is 49.3 Å². The Morgan fingerprint density at radius 1 is 1.20 bits per heavy atom. The minimum Gasteiger partial charge on any atom is -0.375 e. The molecule has 2 nitrogen and oxygen atoms in total. The summed E-state index contributed by atoms with van der Waals surface area (Å²) in [7, 11) is 0. The van der Waals surface area contributed by atoms with Crippen LogP contribution in [0, 0.1) is 0 Å². The average molecular weight is 302 g/mol. The van der Waals surface area contributed by atoms with Gasteiger partial charge in [0, 0.05) is 11.4 Å². The second-order valence-corrected chi connectivity index (χ2v) is 6.73. The summed E-state index contributed by atoms with van der Waals surface area (Å²) in [6.45, 7) is 1.08. The van der Waals surface area contributed by atoms with Crippen LogP contribution in [-0.4, -0.2) is 17.8 Å². The van der Waals surface area contributed by atoms with Crippen LogP contribution in [-0.2, 0) is 6.42 Å². The van der Waals surface area contributed by atoms with E-state index in [9.17, 15) is 0 Å². The number of anilines is 1. The van der Waals surface area contributed by atoms with Crippen LogP contribution in [0.1, 0.15) is 29.1 Å². The zero-order valence-corrected chi connectivity index (χ0v) is 13.2. The van der Waals surface area contributed by atoms with Crippen molar-refractivity contribution in [3.8, 4) is 0 Å². The third-order valence-electron chi connectivity index (χ3n) is 3.37. The van der Waals surface area contributed by atoms with Gasteiger partial charge in [0.2, 0.25) is 0 Å². The molecule has 1 aliphatic rings. The molecule has 0 aliphatic carbocycles. The van der Waals surface area contributed by atoms with E-state index in [0.29, 0.717) is 0 Å². The molecule has 2 aromatic rings. The summed E-state index contributed by atoms with van der Waals surface area (Å²) in [5, 5.41) is 5.84. The molecule has 1 aliphatic heterocycles. The number of thioether (sulfide) groups is 1. The highest BCUT2D eigenvalue weighted by Gasteiger charge is 2.11. The van der Waals surface area contributed by atoms with Gasteiger partial charge in [0.25, 0.3) is 0 Å². The number of nitrogens with zero attached hydrogens (tertiary/aromatic N) is 1. The van der Waals surface area contributed by atoms with E-state index in [1.165, 1.54) is 34.0 Å². The first-order valence-electron chi connectivity index (χ1n) is 6.91. The van der Waals surface area contributed by atoms with Crippen molar-refractivity contribution in [2.45, 2.75) is 24.2 Å². The minimum atomic E-state index is 1.08. The number of thiazole rings is 1. The predicted octanol–water partition coefficient (Wildman–Crippen LogP) is 4.78. The lowest BCUT2D eigenvalue weighted by atomic mass is 10.2. The molecule has 4 heteroatoms. The number of fused-ring (bicyclic) bond motifs is 1. The van der Waals surface area contributed by atoms with E-state index >= 15 is 0 Å². The van der Waals surface area contributed by atoms with E-state index in [1.807, 2.05) is 0 Å². The fraction of sp³-hybridized carbons (Fsp3) is 0.312.